The molecule has 10 heteroatoms. The zero-order valence-electron chi connectivity index (χ0n) is 10.4. The Hall–Kier alpha value is -1.78. The van der Waals surface area contributed by atoms with Gasteiger partial charge in [-0.15, -0.1) is 11.3 Å². The maximum absolute atomic E-state index is 12.2. The second-order valence-corrected chi connectivity index (χ2v) is 6.61. The van der Waals surface area contributed by atoms with Gasteiger partial charge in [-0.05, 0) is 6.42 Å². The van der Waals surface area contributed by atoms with Crippen molar-refractivity contribution in [3.63, 3.8) is 0 Å². The van der Waals surface area contributed by atoms with Crippen LogP contribution in [0.5, 0.6) is 0 Å². The molecule has 0 bridgehead atoms. The van der Waals surface area contributed by atoms with Crippen molar-refractivity contribution >= 4 is 27.3 Å². The summed E-state index contributed by atoms with van der Waals surface area (Å²) in [6.45, 7) is 1.79. The number of nitrogens with one attached hydrogen (secondary N) is 2. The third-order valence-electron chi connectivity index (χ3n) is 2.54. The minimum absolute atomic E-state index is 0.310. The Bertz CT molecular complexity index is 693. The molecule has 0 amide bonds. The molecular weight excluding hydrogens is 304 g/mol. The third-order valence-corrected chi connectivity index (χ3v) is 5.38. The lowest BCUT2D eigenvalue weighted by molar-refractivity contribution is 0.0687. The number of aromatic carboxylic acids is 1. The molecule has 8 nitrogen and oxygen atoms in total. The number of aromatic amines is 1. The molecule has 0 aromatic carbocycles. The SMILES string of the molecule is CCC(NS(=O)(=O)c1scnc1C(=O)O)c1ncc[nH]1. The van der Waals surface area contributed by atoms with Crippen molar-refractivity contribution in [2.75, 3.05) is 0 Å². The van der Waals surface area contributed by atoms with Crippen LogP contribution in [-0.4, -0.2) is 34.4 Å². The highest BCUT2D eigenvalue weighted by Crippen LogP contribution is 2.23. The van der Waals surface area contributed by atoms with E-state index >= 15 is 0 Å². The molecule has 0 saturated carbocycles. The predicted octanol–water partition coefficient (Wildman–Crippen LogP) is 0.994. The number of hydrogen-bond donors (Lipinski definition) is 3. The van der Waals surface area contributed by atoms with Crippen molar-refractivity contribution < 1.29 is 18.3 Å². The van der Waals surface area contributed by atoms with Crippen molar-refractivity contribution in [3.05, 3.63) is 29.4 Å². The number of imidazole rings is 1. The molecule has 20 heavy (non-hydrogen) atoms. The Morgan fingerprint density at radius 3 is 2.85 bits per heavy atom. The Morgan fingerprint density at radius 2 is 2.30 bits per heavy atom. The number of sulfonamides is 1. The number of hydrogen-bond acceptors (Lipinski definition) is 6. The summed E-state index contributed by atoms with van der Waals surface area (Å²) in [6, 6.07) is -0.557. The summed E-state index contributed by atoms with van der Waals surface area (Å²) in [6.07, 6.45) is 3.57. The van der Waals surface area contributed by atoms with E-state index in [1.54, 1.807) is 13.1 Å². The molecule has 0 radical (unpaired) electrons. The smallest absolute Gasteiger partial charge is 0.356 e. The first-order chi connectivity index (χ1) is 9.45. The largest absolute Gasteiger partial charge is 0.476 e. The van der Waals surface area contributed by atoms with Gasteiger partial charge in [0.15, 0.2) is 9.90 Å². The summed E-state index contributed by atoms with van der Waals surface area (Å²) in [5, 5.41) is 8.93. The van der Waals surface area contributed by atoms with Gasteiger partial charge in [0.05, 0.1) is 11.6 Å². The molecule has 2 rings (SSSR count). The first kappa shape index (κ1) is 14.6. The number of rotatable bonds is 6. The molecule has 108 valence electrons. The van der Waals surface area contributed by atoms with Crippen molar-refractivity contribution in [1.82, 2.24) is 19.7 Å². The summed E-state index contributed by atoms with van der Waals surface area (Å²) in [5.41, 5.74) is 0.711. The maximum Gasteiger partial charge on any atom is 0.356 e. The van der Waals surface area contributed by atoms with Crippen molar-refractivity contribution in [1.29, 1.82) is 0 Å². The summed E-state index contributed by atoms with van der Waals surface area (Å²) < 4.78 is 26.6. The molecule has 0 fully saturated rings. The molecule has 2 aromatic heterocycles. The van der Waals surface area contributed by atoms with Crippen molar-refractivity contribution in [3.8, 4) is 0 Å². The van der Waals surface area contributed by atoms with Crippen LogP contribution in [0.15, 0.2) is 22.1 Å². The van der Waals surface area contributed by atoms with E-state index in [9.17, 15) is 13.2 Å². The van der Waals surface area contributed by atoms with Gasteiger partial charge >= 0.3 is 5.97 Å². The maximum atomic E-state index is 12.2. The minimum Gasteiger partial charge on any atom is -0.476 e. The molecule has 1 atom stereocenters. The zero-order valence-corrected chi connectivity index (χ0v) is 12.0. The fraction of sp³-hybridized carbons (Fsp3) is 0.300. The molecule has 0 aliphatic carbocycles. The van der Waals surface area contributed by atoms with Crippen LogP contribution in [0.25, 0.3) is 0 Å². The average Bonchev–Trinajstić information content (AvgIpc) is 3.06. The van der Waals surface area contributed by atoms with Gasteiger partial charge in [0.1, 0.15) is 5.82 Å². The number of nitrogens with zero attached hydrogens (tertiary/aromatic N) is 2. The molecule has 0 spiro atoms. The van der Waals surface area contributed by atoms with Gasteiger partial charge in [0.2, 0.25) is 0 Å². The molecule has 0 saturated heterocycles. The number of carboxylic acid groups (broad SMARTS) is 1. The number of carbonyl (C=O) groups is 1. The molecule has 2 heterocycles. The topological polar surface area (TPSA) is 125 Å². The highest BCUT2D eigenvalue weighted by Gasteiger charge is 2.28. The first-order valence-corrected chi connectivity index (χ1v) is 8.00. The van der Waals surface area contributed by atoms with Crippen LogP contribution in [0.4, 0.5) is 0 Å². The van der Waals surface area contributed by atoms with E-state index in [2.05, 4.69) is 19.7 Å². The van der Waals surface area contributed by atoms with Gasteiger partial charge in [-0.25, -0.2) is 23.2 Å². The molecular formula is C10H12N4O4S2. The van der Waals surface area contributed by atoms with E-state index in [0.29, 0.717) is 12.2 Å². The van der Waals surface area contributed by atoms with Crippen LogP contribution in [0.1, 0.15) is 35.7 Å². The van der Waals surface area contributed by atoms with Crippen LogP contribution in [0.3, 0.4) is 0 Å². The predicted molar refractivity (Wildman–Crippen MR) is 71.0 cm³/mol. The Labute approximate surface area is 119 Å². The van der Waals surface area contributed by atoms with Gasteiger partial charge < -0.3 is 10.1 Å². The van der Waals surface area contributed by atoms with Crippen molar-refractivity contribution in [2.24, 2.45) is 0 Å². The number of thiazole rings is 1. The lowest BCUT2D eigenvalue weighted by atomic mass is 10.2. The lowest BCUT2D eigenvalue weighted by Crippen LogP contribution is -2.29. The number of carboxylic acids is 1. The minimum atomic E-state index is -3.96. The van der Waals surface area contributed by atoms with Gasteiger partial charge in [-0.1, -0.05) is 6.92 Å². The van der Waals surface area contributed by atoms with Gasteiger partial charge in [0, 0.05) is 12.4 Å². The quantitative estimate of drug-likeness (QED) is 0.730. The Morgan fingerprint density at radius 1 is 1.55 bits per heavy atom. The second kappa shape index (κ2) is 5.69. The fourth-order valence-electron chi connectivity index (χ4n) is 1.61. The first-order valence-electron chi connectivity index (χ1n) is 5.64. The fourth-order valence-corrected chi connectivity index (χ4v) is 4.05. The standard InChI is InChI=1S/C10H12N4O4S2/c1-2-6(8-11-3-4-12-8)14-20(17,18)10-7(9(15)16)13-5-19-10/h3-6,14H,2H2,1H3,(H,11,12)(H,15,16). The van der Waals surface area contributed by atoms with Crippen LogP contribution < -0.4 is 4.72 Å². The summed E-state index contributed by atoms with van der Waals surface area (Å²) in [7, 11) is -3.96. The molecule has 0 aliphatic rings. The van der Waals surface area contributed by atoms with Gasteiger partial charge in [-0.3, -0.25) is 0 Å². The normalized spacial score (nSPS) is 13.2. The van der Waals surface area contributed by atoms with E-state index < -0.39 is 27.7 Å². The number of H-pyrrole nitrogens is 1. The van der Waals surface area contributed by atoms with Gasteiger partial charge in [-0.2, -0.15) is 4.72 Å². The van der Waals surface area contributed by atoms with E-state index in [-0.39, 0.29) is 4.21 Å². The third kappa shape index (κ3) is 2.86. The van der Waals surface area contributed by atoms with E-state index in [1.165, 1.54) is 11.7 Å². The Balaban J connectivity index is 2.31. The van der Waals surface area contributed by atoms with Crippen LogP contribution in [0.2, 0.25) is 0 Å². The van der Waals surface area contributed by atoms with Crippen LogP contribution in [0, 0.1) is 0 Å². The summed E-state index contributed by atoms with van der Waals surface area (Å²) >= 11 is 0.762. The molecule has 3 N–H and O–H groups in total. The second-order valence-electron chi connectivity index (χ2n) is 3.85. The highest BCUT2D eigenvalue weighted by molar-refractivity contribution is 7.91. The summed E-state index contributed by atoms with van der Waals surface area (Å²) in [4.78, 5) is 21.3. The number of aromatic nitrogens is 3. The highest BCUT2D eigenvalue weighted by atomic mass is 32.2. The van der Waals surface area contributed by atoms with E-state index in [4.69, 9.17) is 5.11 Å². The Kier molecular flexibility index (Phi) is 4.16. The molecule has 0 aliphatic heterocycles. The molecule has 2 aromatic rings. The monoisotopic (exact) mass is 316 g/mol. The van der Waals surface area contributed by atoms with E-state index in [0.717, 1.165) is 11.3 Å². The van der Waals surface area contributed by atoms with Gasteiger partial charge in [0.25, 0.3) is 10.0 Å². The van der Waals surface area contributed by atoms with Crippen LogP contribution in [-0.2, 0) is 10.0 Å². The van der Waals surface area contributed by atoms with Crippen LogP contribution >= 0.6 is 11.3 Å². The average molecular weight is 316 g/mol. The summed E-state index contributed by atoms with van der Waals surface area (Å²) in [5.74, 6) is -0.907. The lowest BCUT2D eigenvalue weighted by Gasteiger charge is -2.14. The zero-order chi connectivity index (χ0) is 14.8. The van der Waals surface area contributed by atoms with E-state index in [1.807, 2.05) is 0 Å². The van der Waals surface area contributed by atoms with Crippen molar-refractivity contribution in [2.45, 2.75) is 23.6 Å². The molecule has 1 unspecified atom stereocenters.